The average Bonchev–Trinajstić information content (AvgIpc) is 3.05. The Hall–Kier alpha value is -1.08. The second kappa shape index (κ2) is 6.09. The minimum absolute atomic E-state index is 0.101. The van der Waals surface area contributed by atoms with Crippen molar-refractivity contribution in [3.05, 3.63) is 35.1 Å². The zero-order chi connectivity index (χ0) is 16.0. The molecule has 1 aliphatic rings. The third-order valence-electron chi connectivity index (χ3n) is 4.15. The van der Waals surface area contributed by atoms with Crippen molar-refractivity contribution in [1.29, 1.82) is 0 Å². The van der Waals surface area contributed by atoms with Gasteiger partial charge in [0.25, 0.3) is 0 Å². The fourth-order valence-corrected chi connectivity index (χ4v) is 3.86. The number of rotatable bonds is 2. The van der Waals surface area contributed by atoms with Crippen molar-refractivity contribution in [3.8, 4) is 0 Å². The molecule has 1 fully saturated rings. The molecule has 1 unspecified atom stereocenters. The Morgan fingerprint density at radius 2 is 2.17 bits per heavy atom. The number of aromatic nitrogens is 3. The van der Waals surface area contributed by atoms with Crippen LogP contribution in [0.25, 0.3) is 16.7 Å². The van der Waals surface area contributed by atoms with Crippen LogP contribution in [0.4, 0.5) is 5.82 Å². The van der Waals surface area contributed by atoms with Crippen molar-refractivity contribution in [2.75, 3.05) is 30.4 Å². The van der Waals surface area contributed by atoms with Gasteiger partial charge in [-0.3, -0.25) is 4.40 Å². The zero-order valence-corrected chi connectivity index (χ0v) is 15.3. The molecule has 0 N–H and O–H groups in total. The van der Waals surface area contributed by atoms with E-state index in [1.165, 1.54) is 0 Å². The first-order valence-corrected chi connectivity index (χ1v) is 8.99. The molecule has 2 aromatic heterocycles. The molecule has 120 valence electrons. The molecule has 3 aromatic rings. The lowest BCUT2D eigenvalue weighted by Crippen LogP contribution is -2.50. The number of anilines is 1. The number of fused-ring (bicyclic) bond motifs is 3. The standard InChI is InChI=1S/C15H14BrCl2N5/c16-10-1-2-12-13(7-10)22-4-3-19-14(22)15(20-12)21-5-6-23(18)11(8-17)9-21/h1-4,7,11H,5-6,8-9H2. The van der Waals surface area contributed by atoms with E-state index >= 15 is 0 Å². The molecule has 5 nitrogen and oxygen atoms in total. The van der Waals surface area contributed by atoms with Crippen LogP contribution in [0, 0.1) is 0 Å². The smallest absolute Gasteiger partial charge is 0.180 e. The number of alkyl halides is 1. The molecule has 4 rings (SSSR count). The number of piperazine rings is 1. The van der Waals surface area contributed by atoms with Gasteiger partial charge in [0.2, 0.25) is 0 Å². The Labute approximate surface area is 152 Å². The van der Waals surface area contributed by atoms with E-state index in [9.17, 15) is 0 Å². The summed E-state index contributed by atoms with van der Waals surface area (Å²) in [6.45, 7) is 2.28. The van der Waals surface area contributed by atoms with E-state index in [1.54, 1.807) is 10.6 Å². The van der Waals surface area contributed by atoms with Crippen LogP contribution in [0.2, 0.25) is 0 Å². The molecule has 0 aliphatic carbocycles. The van der Waals surface area contributed by atoms with Crippen LogP contribution in [0.1, 0.15) is 0 Å². The van der Waals surface area contributed by atoms with Crippen LogP contribution in [-0.2, 0) is 0 Å². The molecule has 0 amide bonds. The van der Waals surface area contributed by atoms with Crippen molar-refractivity contribution in [1.82, 2.24) is 18.8 Å². The fourth-order valence-electron chi connectivity index (χ4n) is 2.97. The van der Waals surface area contributed by atoms with Gasteiger partial charge in [0.1, 0.15) is 0 Å². The van der Waals surface area contributed by atoms with Crippen LogP contribution in [0.5, 0.6) is 0 Å². The molecule has 0 radical (unpaired) electrons. The molecule has 0 saturated carbocycles. The minimum atomic E-state index is 0.101. The Morgan fingerprint density at radius 3 is 3.00 bits per heavy atom. The maximum absolute atomic E-state index is 6.22. The number of nitrogens with zero attached hydrogens (tertiary/aromatic N) is 5. The molecule has 23 heavy (non-hydrogen) atoms. The Morgan fingerprint density at radius 1 is 1.30 bits per heavy atom. The van der Waals surface area contributed by atoms with Crippen LogP contribution in [-0.4, -0.2) is 50.3 Å². The van der Waals surface area contributed by atoms with Gasteiger partial charge in [-0.05, 0) is 30.0 Å². The number of halogens is 3. The third-order valence-corrected chi connectivity index (χ3v) is 5.45. The molecule has 1 atom stereocenters. The molecule has 0 bridgehead atoms. The lowest BCUT2D eigenvalue weighted by atomic mass is 10.2. The number of benzene rings is 1. The van der Waals surface area contributed by atoms with Crippen molar-refractivity contribution in [3.63, 3.8) is 0 Å². The van der Waals surface area contributed by atoms with Crippen molar-refractivity contribution in [2.24, 2.45) is 0 Å². The fraction of sp³-hybridized carbons (Fsp3) is 0.333. The quantitative estimate of drug-likeness (QED) is 0.474. The van der Waals surface area contributed by atoms with Gasteiger partial charge in [-0.2, -0.15) is 0 Å². The first-order valence-electron chi connectivity index (χ1n) is 7.33. The summed E-state index contributed by atoms with van der Waals surface area (Å²) < 4.78 is 4.88. The van der Waals surface area contributed by atoms with Crippen molar-refractivity contribution in [2.45, 2.75) is 6.04 Å². The highest BCUT2D eigenvalue weighted by Crippen LogP contribution is 2.27. The van der Waals surface area contributed by atoms with Gasteiger partial charge in [0.05, 0.1) is 17.1 Å². The topological polar surface area (TPSA) is 36.7 Å². The second-order valence-electron chi connectivity index (χ2n) is 5.57. The van der Waals surface area contributed by atoms with Gasteiger partial charge < -0.3 is 4.90 Å². The van der Waals surface area contributed by atoms with Crippen molar-refractivity contribution < 1.29 is 0 Å². The van der Waals surface area contributed by atoms with Crippen LogP contribution in [0.3, 0.4) is 0 Å². The SMILES string of the molecule is ClCC1CN(c2nc3ccc(Br)cc3n3ccnc23)CCN1Cl. The van der Waals surface area contributed by atoms with Crippen molar-refractivity contribution >= 4 is 61.8 Å². The van der Waals surface area contributed by atoms with Gasteiger partial charge in [0.15, 0.2) is 11.5 Å². The molecule has 0 spiro atoms. The van der Waals surface area contributed by atoms with E-state index in [4.69, 9.17) is 28.4 Å². The Balaban J connectivity index is 1.86. The largest absolute Gasteiger partial charge is 0.351 e. The minimum Gasteiger partial charge on any atom is -0.351 e. The maximum Gasteiger partial charge on any atom is 0.180 e. The molecule has 8 heteroatoms. The summed E-state index contributed by atoms with van der Waals surface area (Å²) in [4.78, 5) is 11.6. The number of hydrogen-bond donors (Lipinski definition) is 0. The van der Waals surface area contributed by atoms with E-state index in [-0.39, 0.29) is 6.04 Å². The summed E-state index contributed by atoms with van der Waals surface area (Å²) in [7, 11) is 0. The highest BCUT2D eigenvalue weighted by molar-refractivity contribution is 9.10. The monoisotopic (exact) mass is 413 g/mol. The van der Waals surface area contributed by atoms with Gasteiger partial charge in [-0.15, -0.1) is 11.6 Å². The van der Waals surface area contributed by atoms with Crippen LogP contribution < -0.4 is 4.90 Å². The van der Waals surface area contributed by atoms with Gasteiger partial charge in [0, 0.05) is 42.4 Å². The average molecular weight is 415 g/mol. The lowest BCUT2D eigenvalue weighted by Gasteiger charge is -2.37. The second-order valence-corrected chi connectivity index (χ2v) is 7.23. The summed E-state index contributed by atoms with van der Waals surface area (Å²) in [5.74, 6) is 1.37. The number of imidazole rings is 1. The van der Waals surface area contributed by atoms with E-state index in [1.807, 2.05) is 18.3 Å². The third kappa shape index (κ3) is 2.67. The molecule has 1 saturated heterocycles. The maximum atomic E-state index is 6.22. The van der Waals surface area contributed by atoms with Crippen LogP contribution in [0.15, 0.2) is 35.1 Å². The van der Waals surface area contributed by atoms with Crippen LogP contribution >= 0.6 is 39.3 Å². The summed E-state index contributed by atoms with van der Waals surface area (Å²) in [6.07, 6.45) is 3.77. The Bertz CT molecular complexity index is 868. The highest BCUT2D eigenvalue weighted by Gasteiger charge is 2.27. The molecule has 1 aromatic carbocycles. The van der Waals surface area contributed by atoms with E-state index in [0.29, 0.717) is 5.88 Å². The van der Waals surface area contributed by atoms with E-state index < -0.39 is 0 Å². The summed E-state index contributed by atoms with van der Waals surface area (Å²) >= 11 is 15.8. The first kappa shape index (κ1) is 15.4. The lowest BCUT2D eigenvalue weighted by molar-refractivity contribution is 0.326. The summed E-state index contributed by atoms with van der Waals surface area (Å²) in [6, 6.07) is 6.17. The predicted molar refractivity (Wildman–Crippen MR) is 97.5 cm³/mol. The first-order chi connectivity index (χ1) is 11.2. The van der Waals surface area contributed by atoms with E-state index in [2.05, 4.69) is 36.3 Å². The Kier molecular flexibility index (Phi) is 4.09. The molecular formula is C15H14BrCl2N5. The van der Waals surface area contributed by atoms with Gasteiger partial charge in [-0.25, -0.2) is 14.4 Å². The molecule has 1 aliphatic heterocycles. The predicted octanol–water partition coefficient (Wildman–Crippen LogP) is 3.53. The molecular weight excluding hydrogens is 401 g/mol. The zero-order valence-electron chi connectivity index (χ0n) is 12.2. The molecule has 3 heterocycles. The highest BCUT2D eigenvalue weighted by atomic mass is 79.9. The van der Waals surface area contributed by atoms with Gasteiger partial charge >= 0.3 is 0 Å². The number of hydrogen-bond acceptors (Lipinski definition) is 4. The van der Waals surface area contributed by atoms with Gasteiger partial charge in [-0.1, -0.05) is 15.9 Å². The van der Waals surface area contributed by atoms with E-state index in [0.717, 1.165) is 46.6 Å². The normalized spacial score (nSPS) is 19.8. The summed E-state index contributed by atoms with van der Waals surface area (Å²) in [5, 5.41) is 0. The summed E-state index contributed by atoms with van der Waals surface area (Å²) in [5.41, 5.74) is 2.82.